The lowest BCUT2D eigenvalue weighted by Crippen LogP contribution is -2.24. The van der Waals surface area contributed by atoms with Gasteiger partial charge >= 0.3 is 12.3 Å². The average molecular weight is 262 g/mol. The van der Waals surface area contributed by atoms with E-state index < -0.39 is 17.9 Å². The van der Waals surface area contributed by atoms with E-state index in [4.69, 9.17) is 4.74 Å². The molecule has 18 heavy (non-hydrogen) atoms. The van der Waals surface area contributed by atoms with Crippen LogP contribution in [0.1, 0.15) is 26.3 Å². The number of esters is 1. The summed E-state index contributed by atoms with van der Waals surface area (Å²) in [7, 11) is 0. The summed E-state index contributed by atoms with van der Waals surface area (Å²) in [6.45, 7) is 4.40. The minimum atomic E-state index is -4.75. The minimum Gasteiger partial charge on any atom is -0.455 e. The number of hydrogen-bond donors (Lipinski definition) is 0. The van der Waals surface area contributed by atoms with E-state index >= 15 is 0 Å². The van der Waals surface area contributed by atoms with Gasteiger partial charge in [0.2, 0.25) is 0 Å². The van der Waals surface area contributed by atoms with Crippen molar-refractivity contribution in [3.05, 3.63) is 29.8 Å². The molecule has 0 N–H and O–H groups in total. The fraction of sp³-hybridized carbons (Fsp3) is 0.417. The lowest BCUT2D eigenvalue weighted by atomic mass is 9.98. The summed E-state index contributed by atoms with van der Waals surface area (Å²) in [5, 5.41) is 0. The van der Waals surface area contributed by atoms with Gasteiger partial charge in [-0.15, -0.1) is 13.2 Å². The Hall–Kier alpha value is -1.72. The highest BCUT2D eigenvalue weighted by Gasteiger charge is 2.32. The Balaban J connectivity index is 2.97. The number of carbonyl (C=O) groups excluding carboxylic acids is 1. The molecule has 0 aliphatic rings. The standard InChI is InChI=1S/C12H13F3O3/c1-8(16)17-11(2,3)9-5-4-6-10(7-9)18-12(13,14)15/h4-7H,1-3H3. The van der Waals surface area contributed by atoms with Gasteiger partial charge in [-0.3, -0.25) is 4.79 Å². The van der Waals surface area contributed by atoms with E-state index in [-0.39, 0.29) is 5.75 Å². The first-order valence-corrected chi connectivity index (χ1v) is 5.16. The second-order valence-corrected chi connectivity index (χ2v) is 4.18. The van der Waals surface area contributed by atoms with Crippen LogP contribution in [0.15, 0.2) is 24.3 Å². The van der Waals surface area contributed by atoms with E-state index in [1.807, 2.05) is 0 Å². The molecular weight excluding hydrogens is 249 g/mol. The van der Waals surface area contributed by atoms with Gasteiger partial charge in [0.25, 0.3) is 0 Å². The Labute approximate surface area is 103 Å². The first-order valence-electron chi connectivity index (χ1n) is 5.16. The van der Waals surface area contributed by atoms with Gasteiger partial charge < -0.3 is 9.47 Å². The van der Waals surface area contributed by atoms with E-state index in [9.17, 15) is 18.0 Å². The van der Waals surface area contributed by atoms with Crippen LogP contribution in [0.5, 0.6) is 5.75 Å². The first-order chi connectivity index (χ1) is 8.10. The summed E-state index contributed by atoms with van der Waals surface area (Å²) in [5.74, 6) is -0.859. The SMILES string of the molecule is CC(=O)OC(C)(C)c1cccc(OC(F)(F)F)c1. The number of halogens is 3. The summed E-state index contributed by atoms with van der Waals surface area (Å²) < 4.78 is 45.1. The molecule has 0 heterocycles. The Kier molecular flexibility index (Phi) is 3.88. The molecule has 1 rings (SSSR count). The van der Waals surface area contributed by atoms with E-state index in [1.165, 1.54) is 25.1 Å². The third-order valence-electron chi connectivity index (χ3n) is 2.16. The van der Waals surface area contributed by atoms with Crippen LogP contribution in [0.4, 0.5) is 13.2 Å². The van der Waals surface area contributed by atoms with Crippen molar-refractivity contribution in [2.75, 3.05) is 0 Å². The van der Waals surface area contributed by atoms with Crippen LogP contribution in [0.3, 0.4) is 0 Å². The van der Waals surface area contributed by atoms with Crippen LogP contribution >= 0.6 is 0 Å². The molecule has 0 saturated heterocycles. The third kappa shape index (κ3) is 4.27. The number of carbonyl (C=O) groups is 1. The van der Waals surface area contributed by atoms with E-state index in [2.05, 4.69) is 4.74 Å². The first kappa shape index (κ1) is 14.3. The minimum absolute atomic E-state index is 0.347. The Bertz CT molecular complexity index is 438. The molecule has 6 heteroatoms. The molecule has 0 amide bonds. The van der Waals surface area contributed by atoms with Crippen molar-refractivity contribution in [3.63, 3.8) is 0 Å². The van der Waals surface area contributed by atoms with Crippen molar-refractivity contribution >= 4 is 5.97 Å². The van der Waals surface area contributed by atoms with Crippen molar-refractivity contribution in [1.82, 2.24) is 0 Å². The lowest BCUT2D eigenvalue weighted by molar-refractivity contribution is -0.274. The molecule has 0 atom stereocenters. The number of ether oxygens (including phenoxy) is 2. The van der Waals surface area contributed by atoms with Crippen molar-refractivity contribution < 1.29 is 27.4 Å². The van der Waals surface area contributed by atoms with Gasteiger partial charge in [0, 0.05) is 6.92 Å². The summed E-state index contributed by atoms with van der Waals surface area (Å²) in [6, 6.07) is 5.34. The number of rotatable bonds is 3. The molecule has 0 aliphatic heterocycles. The zero-order valence-corrected chi connectivity index (χ0v) is 10.2. The van der Waals surface area contributed by atoms with Gasteiger partial charge in [-0.25, -0.2) is 0 Å². The second-order valence-electron chi connectivity index (χ2n) is 4.18. The van der Waals surface area contributed by atoms with Gasteiger partial charge in [-0.1, -0.05) is 12.1 Å². The Morgan fingerprint density at radius 3 is 2.33 bits per heavy atom. The van der Waals surface area contributed by atoms with Crippen LogP contribution in [0.2, 0.25) is 0 Å². The van der Waals surface area contributed by atoms with Crippen LogP contribution in [0, 0.1) is 0 Å². The molecule has 0 aliphatic carbocycles. The monoisotopic (exact) mass is 262 g/mol. The Morgan fingerprint density at radius 2 is 1.83 bits per heavy atom. The maximum atomic E-state index is 12.1. The van der Waals surface area contributed by atoms with Crippen molar-refractivity contribution in [2.45, 2.75) is 32.7 Å². The van der Waals surface area contributed by atoms with Gasteiger partial charge in [-0.2, -0.15) is 0 Å². The van der Waals surface area contributed by atoms with Gasteiger partial charge in [0.15, 0.2) is 0 Å². The quantitative estimate of drug-likeness (QED) is 0.783. The lowest BCUT2D eigenvalue weighted by Gasteiger charge is -2.25. The molecule has 1 aromatic rings. The summed E-state index contributed by atoms with van der Waals surface area (Å²) >= 11 is 0. The predicted octanol–water partition coefficient (Wildman–Crippen LogP) is 3.38. The zero-order chi connectivity index (χ0) is 14.0. The smallest absolute Gasteiger partial charge is 0.455 e. The fourth-order valence-corrected chi connectivity index (χ4v) is 1.49. The summed E-state index contributed by atoms with van der Waals surface area (Å²) in [6.07, 6.45) is -4.75. The number of benzene rings is 1. The molecule has 0 radical (unpaired) electrons. The highest BCUT2D eigenvalue weighted by Crippen LogP contribution is 2.30. The maximum Gasteiger partial charge on any atom is 0.573 e. The van der Waals surface area contributed by atoms with Crippen LogP contribution < -0.4 is 4.74 Å². The molecule has 0 aromatic heterocycles. The van der Waals surface area contributed by atoms with Crippen LogP contribution in [-0.2, 0) is 15.1 Å². The summed E-state index contributed by atoms with van der Waals surface area (Å²) in [5.41, 5.74) is -0.601. The van der Waals surface area contributed by atoms with E-state index in [1.54, 1.807) is 19.9 Å². The van der Waals surface area contributed by atoms with E-state index in [0.717, 1.165) is 0 Å². The molecule has 0 unspecified atom stereocenters. The Morgan fingerprint density at radius 1 is 1.22 bits per heavy atom. The molecule has 0 saturated carbocycles. The largest absolute Gasteiger partial charge is 0.573 e. The van der Waals surface area contributed by atoms with Gasteiger partial charge in [0.05, 0.1) is 0 Å². The topological polar surface area (TPSA) is 35.5 Å². The third-order valence-corrected chi connectivity index (χ3v) is 2.16. The number of alkyl halides is 3. The van der Waals surface area contributed by atoms with Gasteiger partial charge in [0.1, 0.15) is 11.4 Å². The van der Waals surface area contributed by atoms with Crippen LogP contribution in [0.25, 0.3) is 0 Å². The molecule has 0 bridgehead atoms. The second kappa shape index (κ2) is 4.88. The predicted molar refractivity (Wildman–Crippen MR) is 57.9 cm³/mol. The normalized spacial score (nSPS) is 12.1. The molecule has 100 valence electrons. The molecular formula is C12H13F3O3. The highest BCUT2D eigenvalue weighted by atomic mass is 19.4. The van der Waals surface area contributed by atoms with Crippen molar-refractivity contribution in [1.29, 1.82) is 0 Å². The van der Waals surface area contributed by atoms with Crippen molar-refractivity contribution in [2.24, 2.45) is 0 Å². The maximum absolute atomic E-state index is 12.1. The highest BCUT2D eigenvalue weighted by molar-refractivity contribution is 5.66. The van der Waals surface area contributed by atoms with Gasteiger partial charge in [-0.05, 0) is 31.5 Å². The number of hydrogen-bond acceptors (Lipinski definition) is 3. The van der Waals surface area contributed by atoms with E-state index in [0.29, 0.717) is 5.56 Å². The fourth-order valence-electron chi connectivity index (χ4n) is 1.49. The molecule has 0 fully saturated rings. The zero-order valence-electron chi connectivity index (χ0n) is 10.2. The average Bonchev–Trinajstić information content (AvgIpc) is 2.13. The van der Waals surface area contributed by atoms with Crippen LogP contribution in [-0.4, -0.2) is 12.3 Å². The molecule has 0 spiro atoms. The molecule has 1 aromatic carbocycles. The molecule has 3 nitrogen and oxygen atoms in total. The van der Waals surface area contributed by atoms with Crippen molar-refractivity contribution in [3.8, 4) is 5.75 Å². The summed E-state index contributed by atoms with van der Waals surface area (Å²) in [4.78, 5) is 10.9.